The van der Waals surface area contributed by atoms with Crippen LogP contribution in [0, 0.1) is 5.82 Å². The number of rotatable bonds is 5. The molecule has 0 unspecified atom stereocenters. The Kier molecular flexibility index (Phi) is 4.30. The van der Waals surface area contributed by atoms with Gasteiger partial charge in [-0.15, -0.1) is 0 Å². The molecule has 7 nitrogen and oxygen atoms in total. The molecule has 0 spiro atoms. The Hall–Kier alpha value is -3.13. The standard InChI is InChI=1S/C16H13FN4O3/c1-24-8-12-6-14(21-7-13(16(22)23)18-9-21)20-15(19-12)10-2-4-11(17)5-3-10/h2-7,9H,8H2,1H3,(H,22,23). The average molecular weight is 328 g/mol. The molecular weight excluding hydrogens is 315 g/mol. The Balaban J connectivity index is 2.08. The summed E-state index contributed by atoms with van der Waals surface area (Å²) in [6, 6.07) is 7.45. The van der Waals surface area contributed by atoms with Gasteiger partial charge in [-0.05, 0) is 24.3 Å². The van der Waals surface area contributed by atoms with Crippen molar-refractivity contribution < 1.29 is 19.0 Å². The van der Waals surface area contributed by atoms with E-state index in [2.05, 4.69) is 15.0 Å². The van der Waals surface area contributed by atoms with E-state index >= 15 is 0 Å². The number of ether oxygens (including phenoxy) is 1. The maximum absolute atomic E-state index is 13.1. The van der Waals surface area contributed by atoms with Gasteiger partial charge in [-0.25, -0.2) is 24.1 Å². The molecule has 2 heterocycles. The van der Waals surface area contributed by atoms with Crippen LogP contribution in [0.1, 0.15) is 16.2 Å². The van der Waals surface area contributed by atoms with E-state index in [1.165, 1.54) is 29.2 Å². The number of nitrogens with zero attached hydrogens (tertiary/aromatic N) is 4. The molecule has 0 aliphatic heterocycles. The molecule has 8 heteroatoms. The quantitative estimate of drug-likeness (QED) is 0.773. The van der Waals surface area contributed by atoms with Crippen molar-refractivity contribution in [1.82, 2.24) is 19.5 Å². The van der Waals surface area contributed by atoms with Gasteiger partial charge in [0.25, 0.3) is 0 Å². The largest absolute Gasteiger partial charge is 0.476 e. The van der Waals surface area contributed by atoms with Crippen LogP contribution in [0.5, 0.6) is 0 Å². The molecule has 3 aromatic rings. The van der Waals surface area contributed by atoms with Gasteiger partial charge in [-0.3, -0.25) is 4.57 Å². The summed E-state index contributed by atoms with van der Waals surface area (Å²) < 4.78 is 19.7. The normalized spacial score (nSPS) is 10.8. The predicted octanol–water partition coefficient (Wildman–Crippen LogP) is 2.31. The fourth-order valence-electron chi connectivity index (χ4n) is 2.12. The highest BCUT2D eigenvalue weighted by atomic mass is 19.1. The van der Waals surface area contributed by atoms with Gasteiger partial charge in [-0.2, -0.15) is 0 Å². The number of benzene rings is 1. The third-order valence-corrected chi connectivity index (χ3v) is 3.23. The van der Waals surface area contributed by atoms with Crippen LogP contribution < -0.4 is 0 Å². The minimum absolute atomic E-state index is 0.0924. The molecule has 0 saturated heterocycles. The molecule has 122 valence electrons. The minimum Gasteiger partial charge on any atom is -0.476 e. The first-order valence-corrected chi connectivity index (χ1v) is 6.97. The number of aromatic carboxylic acids is 1. The molecule has 0 fully saturated rings. The van der Waals surface area contributed by atoms with Gasteiger partial charge >= 0.3 is 5.97 Å². The molecule has 0 radical (unpaired) electrons. The van der Waals surface area contributed by atoms with Gasteiger partial charge in [0.15, 0.2) is 11.5 Å². The molecule has 24 heavy (non-hydrogen) atoms. The van der Waals surface area contributed by atoms with Crippen molar-refractivity contribution in [2.75, 3.05) is 7.11 Å². The first-order valence-electron chi connectivity index (χ1n) is 6.97. The minimum atomic E-state index is -1.13. The molecule has 0 saturated carbocycles. The summed E-state index contributed by atoms with van der Waals surface area (Å²) >= 11 is 0. The molecule has 1 N–H and O–H groups in total. The number of hydrogen-bond acceptors (Lipinski definition) is 5. The lowest BCUT2D eigenvalue weighted by Gasteiger charge is -2.08. The van der Waals surface area contributed by atoms with Gasteiger partial charge in [0.2, 0.25) is 0 Å². The number of hydrogen-bond donors (Lipinski definition) is 1. The number of carbonyl (C=O) groups is 1. The first-order chi connectivity index (χ1) is 11.6. The highest BCUT2D eigenvalue weighted by molar-refractivity contribution is 5.85. The number of aromatic nitrogens is 4. The van der Waals surface area contributed by atoms with Crippen molar-refractivity contribution >= 4 is 5.97 Å². The lowest BCUT2D eigenvalue weighted by atomic mass is 10.2. The summed E-state index contributed by atoms with van der Waals surface area (Å²) in [6.45, 7) is 0.254. The summed E-state index contributed by atoms with van der Waals surface area (Å²) in [5.41, 5.74) is 1.15. The second-order valence-electron chi connectivity index (χ2n) is 4.95. The van der Waals surface area contributed by atoms with E-state index in [9.17, 15) is 9.18 Å². The van der Waals surface area contributed by atoms with Crippen molar-refractivity contribution in [2.24, 2.45) is 0 Å². The van der Waals surface area contributed by atoms with Gasteiger partial charge < -0.3 is 9.84 Å². The van der Waals surface area contributed by atoms with Gasteiger partial charge in [0.05, 0.1) is 12.3 Å². The van der Waals surface area contributed by atoms with Crippen LogP contribution in [0.3, 0.4) is 0 Å². The smallest absolute Gasteiger partial charge is 0.356 e. The molecular formula is C16H13FN4O3. The Labute approximate surface area is 136 Å². The van der Waals surface area contributed by atoms with Crippen LogP contribution in [0.25, 0.3) is 17.2 Å². The zero-order chi connectivity index (χ0) is 17.1. The van der Waals surface area contributed by atoms with Crippen molar-refractivity contribution in [2.45, 2.75) is 6.61 Å². The summed E-state index contributed by atoms with van der Waals surface area (Å²) in [4.78, 5) is 23.6. The number of halogens is 1. The van der Waals surface area contributed by atoms with E-state index in [-0.39, 0.29) is 18.1 Å². The number of carboxylic acid groups (broad SMARTS) is 1. The Morgan fingerprint density at radius 3 is 2.67 bits per heavy atom. The topological polar surface area (TPSA) is 90.1 Å². The van der Waals surface area contributed by atoms with Gasteiger partial charge in [0.1, 0.15) is 18.0 Å². The third-order valence-electron chi connectivity index (χ3n) is 3.23. The monoisotopic (exact) mass is 328 g/mol. The van der Waals surface area contributed by atoms with Crippen molar-refractivity contribution in [3.05, 3.63) is 60.1 Å². The highest BCUT2D eigenvalue weighted by Gasteiger charge is 2.12. The van der Waals surface area contributed by atoms with E-state index in [4.69, 9.17) is 9.84 Å². The van der Waals surface area contributed by atoms with Crippen molar-refractivity contribution in [3.63, 3.8) is 0 Å². The Morgan fingerprint density at radius 2 is 2.04 bits per heavy atom. The Bertz CT molecular complexity index is 877. The second-order valence-corrected chi connectivity index (χ2v) is 4.95. The van der Waals surface area contributed by atoms with Crippen LogP contribution in [0.2, 0.25) is 0 Å². The third kappa shape index (κ3) is 3.28. The van der Waals surface area contributed by atoms with E-state index < -0.39 is 5.97 Å². The number of methoxy groups -OCH3 is 1. The molecule has 0 aliphatic carbocycles. The second kappa shape index (κ2) is 6.55. The summed E-state index contributed by atoms with van der Waals surface area (Å²) in [5, 5.41) is 8.98. The summed E-state index contributed by atoms with van der Waals surface area (Å²) in [7, 11) is 1.54. The molecule has 0 bridgehead atoms. The lowest BCUT2D eigenvalue weighted by molar-refractivity contribution is 0.0691. The van der Waals surface area contributed by atoms with Crippen LogP contribution >= 0.6 is 0 Å². The first kappa shape index (κ1) is 15.8. The highest BCUT2D eigenvalue weighted by Crippen LogP contribution is 2.19. The maximum atomic E-state index is 13.1. The zero-order valence-corrected chi connectivity index (χ0v) is 12.7. The molecule has 0 atom stereocenters. The fraction of sp³-hybridized carbons (Fsp3) is 0.125. The van der Waals surface area contributed by atoms with E-state index in [1.807, 2.05) is 0 Å². The SMILES string of the molecule is COCc1cc(-n2cnc(C(=O)O)c2)nc(-c2ccc(F)cc2)n1. The molecule has 1 aromatic carbocycles. The van der Waals surface area contributed by atoms with Crippen molar-refractivity contribution in [3.8, 4) is 17.2 Å². The van der Waals surface area contributed by atoms with Crippen molar-refractivity contribution in [1.29, 1.82) is 0 Å². The van der Waals surface area contributed by atoms with Gasteiger partial charge in [0, 0.05) is 24.9 Å². The predicted molar refractivity (Wildman–Crippen MR) is 82.2 cm³/mol. The number of imidazole rings is 1. The van der Waals surface area contributed by atoms with E-state index in [0.29, 0.717) is 22.9 Å². The average Bonchev–Trinajstić information content (AvgIpc) is 3.06. The maximum Gasteiger partial charge on any atom is 0.356 e. The number of carboxylic acids is 1. The molecule has 0 amide bonds. The molecule has 3 rings (SSSR count). The lowest BCUT2D eigenvalue weighted by Crippen LogP contribution is -2.03. The Morgan fingerprint density at radius 1 is 1.29 bits per heavy atom. The summed E-state index contributed by atoms with van der Waals surface area (Å²) in [6.07, 6.45) is 2.71. The van der Waals surface area contributed by atoms with E-state index in [1.54, 1.807) is 25.3 Å². The van der Waals surface area contributed by atoms with Crippen LogP contribution in [-0.2, 0) is 11.3 Å². The van der Waals surface area contributed by atoms with Gasteiger partial charge in [-0.1, -0.05) is 0 Å². The van der Waals surface area contributed by atoms with Crippen LogP contribution in [0.15, 0.2) is 42.9 Å². The zero-order valence-electron chi connectivity index (χ0n) is 12.7. The van der Waals surface area contributed by atoms with Crippen LogP contribution in [-0.4, -0.2) is 37.7 Å². The van der Waals surface area contributed by atoms with Crippen LogP contribution in [0.4, 0.5) is 4.39 Å². The summed E-state index contributed by atoms with van der Waals surface area (Å²) in [5.74, 6) is -0.659. The fourth-order valence-corrected chi connectivity index (χ4v) is 2.12. The van der Waals surface area contributed by atoms with E-state index in [0.717, 1.165) is 0 Å². The molecule has 0 aliphatic rings. The molecule has 2 aromatic heterocycles.